The van der Waals surface area contributed by atoms with E-state index in [0.29, 0.717) is 12.2 Å². The minimum Gasteiger partial charge on any atom is -0.484 e. The van der Waals surface area contributed by atoms with Crippen LogP contribution in [0.4, 0.5) is 5.69 Å². The third-order valence-corrected chi connectivity index (χ3v) is 7.02. The molecule has 0 unspecified atom stereocenters. The summed E-state index contributed by atoms with van der Waals surface area (Å²) in [5, 5.41) is 10.7. The van der Waals surface area contributed by atoms with Crippen LogP contribution in [0.15, 0.2) is 24.3 Å². The van der Waals surface area contributed by atoms with Crippen LogP contribution in [-0.2, 0) is 14.6 Å². The van der Waals surface area contributed by atoms with Crippen LogP contribution in [0.5, 0.6) is 5.75 Å². The highest BCUT2D eigenvalue weighted by atomic mass is 32.2. The summed E-state index contributed by atoms with van der Waals surface area (Å²) < 4.78 is 29.3. The summed E-state index contributed by atoms with van der Waals surface area (Å²) in [6, 6.07) is 5.33. The van der Waals surface area contributed by atoms with Crippen molar-refractivity contribution in [3.63, 3.8) is 0 Å². The number of benzene rings is 1. The second-order valence-electron chi connectivity index (χ2n) is 7.19. The van der Waals surface area contributed by atoms with Crippen LogP contribution < -0.4 is 4.74 Å². The third kappa shape index (κ3) is 4.97. The number of carbonyl (C=O) groups is 1. The zero-order valence-electron chi connectivity index (χ0n) is 15.1. The molecule has 1 aromatic carbocycles. The second-order valence-corrected chi connectivity index (χ2v) is 9.42. The van der Waals surface area contributed by atoms with Crippen LogP contribution in [0.2, 0.25) is 0 Å². The SMILES string of the molecule is O=C(COc1ccc([N+](=O)[O-])cc1)N(C1CCCCC1)[C@@H]1CCS(=O)(=O)C1. The highest BCUT2D eigenvalue weighted by molar-refractivity contribution is 7.91. The van der Waals surface area contributed by atoms with Crippen molar-refractivity contribution < 1.29 is 22.9 Å². The number of hydrogen-bond acceptors (Lipinski definition) is 6. The molecular weight excluding hydrogens is 372 g/mol. The first-order chi connectivity index (χ1) is 12.9. The smallest absolute Gasteiger partial charge is 0.269 e. The summed E-state index contributed by atoms with van der Waals surface area (Å²) in [4.78, 5) is 24.8. The number of ether oxygens (including phenoxy) is 1. The van der Waals surface area contributed by atoms with E-state index in [1.807, 2.05) is 0 Å². The Balaban J connectivity index is 1.67. The fourth-order valence-electron chi connectivity index (χ4n) is 3.94. The number of rotatable bonds is 6. The lowest BCUT2D eigenvalue weighted by Crippen LogP contribution is -2.50. The fourth-order valence-corrected chi connectivity index (χ4v) is 5.65. The molecule has 1 amide bonds. The Morgan fingerprint density at radius 3 is 2.33 bits per heavy atom. The van der Waals surface area contributed by atoms with Gasteiger partial charge in [-0.15, -0.1) is 0 Å². The number of nitro benzene ring substituents is 1. The number of carbonyl (C=O) groups excluding carboxylic acids is 1. The van der Waals surface area contributed by atoms with Crippen LogP contribution in [-0.4, -0.2) is 54.3 Å². The van der Waals surface area contributed by atoms with E-state index < -0.39 is 14.8 Å². The van der Waals surface area contributed by atoms with Crippen molar-refractivity contribution in [2.75, 3.05) is 18.1 Å². The van der Waals surface area contributed by atoms with E-state index >= 15 is 0 Å². The molecule has 2 aliphatic rings. The number of nitro groups is 1. The molecule has 27 heavy (non-hydrogen) atoms. The zero-order valence-corrected chi connectivity index (χ0v) is 15.9. The monoisotopic (exact) mass is 396 g/mol. The molecule has 3 rings (SSSR count). The van der Waals surface area contributed by atoms with E-state index in [1.165, 1.54) is 24.3 Å². The van der Waals surface area contributed by atoms with E-state index in [-0.39, 0.29) is 41.8 Å². The predicted octanol–water partition coefficient (Wildman–Crippen LogP) is 2.32. The van der Waals surface area contributed by atoms with E-state index in [1.54, 1.807) is 4.90 Å². The molecule has 1 heterocycles. The molecule has 2 fully saturated rings. The number of amides is 1. The van der Waals surface area contributed by atoms with Gasteiger partial charge in [-0.1, -0.05) is 19.3 Å². The molecule has 0 radical (unpaired) electrons. The molecule has 1 aliphatic carbocycles. The van der Waals surface area contributed by atoms with E-state index in [4.69, 9.17) is 4.74 Å². The Morgan fingerprint density at radius 2 is 1.78 bits per heavy atom. The Morgan fingerprint density at radius 1 is 1.11 bits per heavy atom. The molecule has 1 aliphatic heterocycles. The van der Waals surface area contributed by atoms with Crippen LogP contribution in [0.1, 0.15) is 38.5 Å². The molecule has 0 N–H and O–H groups in total. The van der Waals surface area contributed by atoms with Gasteiger partial charge in [-0.05, 0) is 31.4 Å². The van der Waals surface area contributed by atoms with Gasteiger partial charge in [-0.3, -0.25) is 14.9 Å². The molecule has 0 spiro atoms. The van der Waals surface area contributed by atoms with Gasteiger partial charge in [0.15, 0.2) is 16.4 Å². The predicted molar refractivity (Wildman–Crippen MR) is 99.4 cm³/mol. The van der Waals surface area contributed by atoms with Crippen molar-refractivity contribution >= 4 is 21.4 Å². The Kier molecular flexibility index (Phi) is 5.98. The van der Waals surface area contributed by atoms with Crippen molar-refractivity contribution in [3.05, 3.63) is 34.4 Å². The van der Waals surface area contributed by atoms with Crippen LogP contribution in [0, 0.1) is 10.1 Å². The third-order valence-electron chi connectivity index (χ3n) is 5.27. The molecular formula is C18H24N2O6S. The summed E-state index contributed by atoms with van der Waals surface area (Å²) in [6.07, 6.45) is 5.47. The maximum atomic E-state index is 12.9. The fraction of sp³-hybridized carbons (Fsp3) is 0.611. The number of hydrogen-bond donors (Lipinski definition) is 0. The van der Waals surface area contributed by atoms with Gasteiger partial charge in [0.05, 0.1) is 16.4 Å². The van der Waals surface area contributed by atoms with Crippen LogP contribution in [0.3, 0.4) is 0 Å². The molecule has 0 aromatic heterocycles. The molecule has 1 aromatic rings. The zero-order chi connectivity index (χ0) is 19.4. The van der Waals surface area contributed by atoms with Crippen molar-refractivity contribution in [2.24, 2.45) is 0 Å². The van der Waals surface area contributed by atoms with Gasteiger partial charge in [0.2, 0.25) is 0 Å². The van der Waals surface area contributed by atoms with Gasteiger partial charge in [-0.2, -0.15) is 0 Å². The van der Waals surface area contributed by atoms with E-state index in [0.717, 1.165) is 32.1 Å². The average molecular weight is 396 g/mol. The molecule has 1 saturated heterocycles. The van der Waals surface area contributed by atoms with Crippen molar-refractivity contribution in [2.45, 2.75) is 50.6 Å². The van der Waals surface area contributed by atoms with Crippen LogP contribution >= 0.6 is 0 Å². The van der Waals surface area contributed by atoms with Gasteiger partial charge in [0.25, 0.3) is 11.6 Å². The summed E-state index contributed by atoms with van der Waals surface area (Å²) >= 11 is 0. The van der Waals surface area contributed by atoms with Gasteiger partial charge < -0.3 is 9.64 Å². The molecule has 148 valence electrons. The van der Waals surface area contributed by atoms with E-state index in [9.17, 15) is 23.3 Å². The molecule has 8 nitrogen and oxygen atoms in total. The number of non-ortho nitro benzene ring substituents is 1. The lowest BCUT2D eigenvalue weighted by molar-refractivity contribution is -0.384. The average Bonchev–Trinajstić information content (AvgIpc) is 3.00. The first-order valence-electron chi connectivity index (χ1n) is 9.24. The molecule has 1 atom stereocenters. The number of sulfone groups is 1. The Bertz CT molecular complexity index is 787. The lowest BCUT2D eigenvalue weighted by atomic mass is 9.93. The van der Waals surface area contributed by atoms with Crippen molar-refractivity contribution in [3.8, 4) is 5.75 Å². The Labute approximate surface area is 158 Å². The normalized spacial score (nSPS) is 22.3. The molecule has 9 heteroatoms. The first-order valence-corrected chi connectivity index (χ1v) is 11.1. The van der Waals surface area contributed by atoms with Gasteiger partial charge in [-0.25, -0.2) is 8.42 Å². The first kappa shape index (κ1) is 19.6. The van der Waals surface area contributed by atoms with Gasteiger partial charge in [0.1, 0.15) is 5.75 Å². The van der Waals surface area contributed by atoms with Crippen molar-refractivity contribution in [1.82, 2.24) is 4.90 Å². The summed E-state index contributed by atoms with van der Waals surface area (Å²) in [5.41, 5.74) is -0.0475. The van der Waals surface area contributed by atoms with E-state index in [2.05, 4.69) is 0 Å². The minimum absolute atomic E-state index is 0.0206. The minimum atomic E-state index is -3.09. The topological polar surface area (TPSA) is 107 Å². The maximum Gasteiger partial charge on any atom is 0.269 e. The molecule has 0 bridgehead atoms. The summed E-state index contributed by atoms with van der Waals surface area (Å²) in [5.74, 6) is 0.295. The highest BCUT2D eigenvalue weighted by Gasteiger charge is 2.38. The van der Waals surface area contributed by atoms with Crippen LogP contribution in [0.25, 0.3) is 0 Å². The maximum absolute atomic E-state index is 12.9. The quantitative estimate of drug-likeness (QED) is 0.539. The summed E-state index contributed by atoms with van der Waals surface area (Å²) in [7, 11) is -3.09. The largest absolute Gasteiger partial charge is 0.484 e. The van der Waals surface area contributed by atoms with Gasteiger partial charge in [0, 0.05) is 24.2 Å². The lowest BCUT2D eigenvalue weighted by Gasteiger charge is -2.38. The molecule has 1 saturated carbocycles. The van der Waals surface area contributed by atoms with Crippen molar-refractivity contribution in [1.29, 1.82) is 0 Å². The Hall–Kier alpha value is -2.16. The highest BCUT2D eigenvalue weighted by Crippen LogP contribution is 2.28. The van der Waals surface area contributed by atoms with Gasteiger partial charge >= 0.3 is 0 Å². The second kappa shape index (κ2) is 8.24. The number of nitrogens with zero attached hydrogens (tertiary/aromatic N) is 2. The summed E-state index contributed by atoms with van der Waals surface area (Å²) in [6.45, 7) is -0.204. The standard InChI is InChI=1S/C18H24N2O6S/c21-18(12-26-17-8-6-15(7-9-17)20(22)23)19(14-4-2-1-3-5-14)16-10-11-27(24,25)13-16/h6-9,14,16H,1-5,10-13H2/t16-/m1/s1.